The Labute approximate surface area is 155 Å². The SMILES string of the molecule is Cc1ccc([P+](=O)Nc2cc(-c3ccc(F)cc3)sc2C(=O)O)c(C)c1. The van der Waals surface area contributed by atoms with Crippen molar-refractivity contribution in [1.29, 1.82) is 0 Å². The Hall–Kier alpha value is -2.56. The van der Waals surface area contributed by atoms with Gasteiger partial charge in [-0.2, -0.15) is 5.09 Å². The van der Waals surface area contributed by atoms with Gasteiger partial charge in [0.2, 0.25) is 5.30 Å². The van der Waals surface area contributed by atoms with Gasteiger partial charge in [0, 0.05) is 10.4 Å². The fourth-order valence-electron chi connectivity index (χ4n) is 2.59. The van der Waals surface area contributed by atoms with Crippen molar-refractivity contribution < 1.29 is 18.9 Å². The number of anilines is 1. The number of hydrogen-bond acceptors (Lipinski definition) is 3. The Morgan fingerprint density at radius 1 is 1.12 bits per heavy atom. The highest BCUT2D eigenvalue weighted by Crippen LogP contribution is 2.38. The molecule has 0 spiro atoms. The van der Waals surface area contributed by atoms with E-state index in [1.807, 2.05) is 26.0 Å². The minimum Gasteiger partial charge on any atom is -0.477 e. The summed E-state index contributed by atoms with van der Waals surface area (Å²) in [4.78, 5) is 12.3. The van der Waals surface area contributed by atoms with Crippen molar-refractivity contribution in [1.82, 2.24) is 0 Å². The van der Waals surface area contributed by atoms with Gasteiger partial charge in [0.25, 0.3) is 0 Å². The maximum Gasteiger partial charge on any atom is 0.499 e. The van der Waals surface area contributed by atoms with Crippen LogP contribution < -0.4 is 10.4 Å². The van der Waals surface area contributed by atoms with Gasteiger partial charge in [0.05, 0.1) is 0 Å². The molecule has 1 aromatic heterocycles. The number of hydrogen-bond donors (Lipinski definition) is 2. The molecule has 0 amide bonds. The molecule has 1 heterocycles. The van der Waals surface area contributed by atoms with Crippen LogP contribution in [-0.2, 0) is 4.57 Å². The molecule has 2 N–H and O–H groups in total. The molecule has 0 fully saturated rings. The molecule has 2 aromatic carbocycles. The van der Waals surface area contributed by atoms with E-state index in [1.54, 1.807) is 24.3 Å². The van der Waals surface area contributed by atoms with Crippen LogP contribution in [0.5, 0.6) is 0 Å². The van der Waals surface area contributed by atoms with Gasteiger partial charge >= 0.3 is 13.9 Å². The zero-order chi connectivity index (χ0) is 18.8. The molecule has 0 radical (unpaired) electrons. The normalized spacial score (nSPS) is 11.3. The fourth-order valence-corrected chi connectivity index (χ4v) is 4.74. The van der Waals surface area contributed by atoms with Crippen LogP contribution in [0.15, 0.2) is 48.5 Å². The Bertz CT molecular complexity index is 999. The first-order valence-corrected chi connectivity index (χ1v) is 9.87. The lowest BCUT2D eigenvalue weighted by molar-refractivity contribution is 0.0703. The lowest BCUT2D eigenvalue weighted by Gasteiger charge is -1.98. The van der Waals surface area contributed by atoms with Crippen LogP contribution >= 0.6 is 19.3 Å². The van der Waals surface area contributed by atoms with Gasteiger partial charge in [-0.15, -0.1) is 11.3 Å². The van der Waals surface area contributed by atoms with Crippen molar-refractivity contribution in [2.75, 3.05) is 5.09 Å². The summed E-state index contributed by atoms with van der Waals surface area (Å²) in [5, 5.41) is 12.9. The largest absolute Gasteiger partial charge is 0.499 e. The second-order valence-corrected chi connectivity index (χ2v) is 8.21. The molecule has 3 rings (SSSR count). The molecule has 132 valence electrons. The third kappa shape index (κ3) is 3.82. The number of aryl methyl sites for hydroxylation is 2. The Morgan fingerprint density at radius 3 is 2.42 bits per heavy atom. The van der Waals surface area contributed by atoms with E-state index in [9.17, 15) is 18.9 Å². The standard InChI is InChI=1S/C19H15FNO3PS/c1-11-3-8-16(12(2)9-11)25(24)21-15-10-17(26-18(15)19(22)23)13-4-6-14(20)7-5-13/h3-10H,1-2H3,(H-,21,22,23,24)/p+1. The topological polar surface area (TPSA) is 66.4 Å². The number of carboxylic acid groups (broad SMARTS) is 1. The smallest absolute Gasteiger partial charge is 0.477 e. The summed E-state index contributed by atoms with van der Waals surface area (Å²) in [5.41, 5.74) is 2.94. The van der Waals surface area contributed by atoms with Crippen LogP contribution in [-0.4, -0.2) is 11.1 Å². The molecule has 0 aliphatic heterocycles. The summed E-state index contributed by atoms with van der Waals surface area (Å²) in [6.07, 6.45) is 0. The molecule has 7 heteroatoms. The van der Waals surface area contributed by atoms with E-state index < -0.39 is 13.9 Å². The van der Waals surface area contributed by atoms with E-state index in [-0.39, 0.29) is 10.7 Å². The van der Waals surface area contributed by atoms with E-state index in [0.717, 1.165) is 22.5 Å². The number of halogens is 1. The van der Waals surface area contributed by atoms with Crippen LogP contribution in [0.4, 0.5) is 10.1 Å². The quantitative estimate of drug-likeness (QED) is 0.579. The molecule has 26 heavy (non-hydrogen) atoms. The molecule has 3 aromatic rings. The zero-order valence-electron chi connectivity index (χ0n) is 14.1. The van der Waals surface area contributed by atoms with Crippen molar-refractivity contribution in [2.45, 2.75) is 13.8 Å². The molecule has 0 aliphatic carbocycles. The summed E-state index contributed by atoms with van der Waals surface area (Å²) >= 11 is 1.06. The molecule has 1 atom stereocenters. The lowest BCUT2D eigenvalue weighted by Crippen LogP contribution is -2.07. The number of carbonyl (C=O) groups is 1. The molecule has 0 saturated heterocycles. The highest BCUT2D eigenvalue weighted by atomic mass is 32.1. The Kier molecular flexibility index (Phi) is 5.16. The van der Waals surface area contributed by atoms with Crippen LogP contribution in [0.25, 0.3) is 10.4 Å². The van der Waals surface area contributed by atoms with Gasteiger partial charge in [-0.25, -0.2) is 9.18 Å². The number of nitrogens with one attached hydrogen (secondary N) is 1. The second kappa shape index (κ2) is 7.36. The fraction of sp³-hybridized carbons (Fsp3) is 0.105. The van der Waals surface area contributed by atoms with Crippen molar-refractivity contribution >= 4 is 36.2 Å². The first-order chi connectivity index (χ1) is 12.3. The number of aromatic carboxylic acids is 1. The van der Waals surface area contributed by atoms with Gasteiger partial charge in [-0.3, -0.25) is 0 Å². The van der Waals surface area contributed by atoms with E-state index in [2.05, 4.69) is 5.09 Å². The first kappa shape index (κ1) is 18.2. The minimum absolute atomic E-state index is 0.0671. The third-order valence-corrected chi connectivity index (χ3v) is 6.40. The Morgan fingerprint density at radius 2 is 1.81 bits per heavy atom. The molecule has 1 unspecified atom stereocenters. The average Bonchev–Trinajstić information content (AvgIpc) is 2.99. The predicted octanol–water partition coefficient (Wildman–Crippen LogP) is 5.35. The maximum absolute atomic E-state index is 13.1. The van der Waals surface area contributed by atoms with Crippen LogP contribution in [0.2, 0.25) is 0 Å². The first-order valence-electron chi connectivity index (χ1n) is 7.79. The number of rotatable bonds is 5. The number of benzene rings is 2. The van der Waals surface area contributed by atoms with Gasteiger partial charge in [-0.1, -0.05) is 29.8 Å². The predicted molar refractivity (Wildman–Crippen MR) is 103 cm³/mol. The summed E-state index contributed by atoms with van der Waals surface area (Å²) < 4.78 is 25.8. The molecular weight excluding hydrogens is 372 g/mol. The van der Waals surface area contributed by atoms with Crippen LogP contribution in [0.1, 0.15) is 20.8 Å². The van der Waals surface area contributed by atoms with Gasteiger partial charge < -0.3 is 5.11 Å². The van der Waals surface area contributed by atoms with Crippen molar-refractivity contribution in [3.05, 3.63) is 70.4 Å². The minimum atomic E-state index is -2.00. The van der Waals surface area contributed by atoms with E-state index in [1.165, 1.54) is 12.1 Å². The molecule has 0 aliphatic rings. The lowest BCUT2D eigenvalue weighted by atomic mass is 10.2. The van der Waals surface area contributed by atoms with E-state index >= 15 is 0 Å². The van der Waals surface area contributed by atoms with E-state index in [0.29, 0.717) is 21.4 Å². The van der Waals surface area contributed by atoms with Gasteiger partial charge in [0.1, 0.15) is 16.4 Å². The van der Waals surface area contributed by atoms with Gasteiger partial charge in [-0.05, 0) is 48.2 Å². The monoisotopic (exact) mass is 388 g/mol. The average molecular weight is 388 g/mol. The Balaban J connectivity index is 1.95. The number of thiophene rings is 1. The second-order valence-electron chi connectivity index (χ2n) is 5.86. The van der Waals surface area contributed by atoms with Gasteiger partial charge in [0.15, 0.2) is 0 Å². The van der Waals surface area contributed by atoms with Crippen molar-refractivity contribution in [3.8, 4) is 10.4 Å². The molecule has 0 saturated carbocycles. The third-order valence-electron chi connectivity index (χ3n) is 3.85. The van der Waals surface area contributed by atoms with Crippen molar-refractivity contribution in [3.63, 3.8) is 0 Å². The van der Waals surface area contributed by atoms with Crippen LogP contribution in [0.3, 0.4) is 0 Å². The highest BCUT2D eigenvalue weighted by molar-refractivity contribution is 7.55. The summed E-state index contributed by atoms with van der Waals surface area (Å²) in [5.74, 6) is -1.46. The number of carboxylic acids is 1. The summed E-state index contributed by atoms with van der Waals surface area (Å²) in [6.45, 7) is 3.82. The van der Waals surface area contributed by atoms with E-state index in [4.69, 9.17) is 0 Å². The summed E-state index contributed by atoms with van der Waals surface area (Å²) in [7, 11) is -2.00. The van der Waals surface area contributed by atoms with Crippen LogP contribution in [0, 0.1) is 19.7 Å². The maximum atomic E-state index is 13.1. The molecule has 0 bridgehead atoms. The summed E-state index contributed by atoms with van der Waals surface area (Å²) in [6, 6.07) is 13.0. The highest BCUT2D eigenvalue weighted by Gasteiger charge is 2.27. The molecule has 4 nitrogen and oxygen atoms in total. The molecular formula is C19H16FNO3PS+. The zero-order valence-corrected chi connectivity index (χ0v) is 15.8. The van der Waals surface area contributed by atoms with Crippen molar-refractivity contribution in [2.24, 2.45) is 0 Å².